The second kappa shape index (κ2) is 9.48. The van der Waals surface area contributed by atoms with Crippen molar-refractivity contribution in [2.75, 3.05) is 13.1 Å². The average Bonchev–Trinajstić information content (AvgIpc) is 3.39. The Morgan fingerprint density at radius 1 is 1.25 bits per heavy atom. The Kier molecular flexibility index (Phi) is 6.78. The summed E-state index contributed by atoms with van der Waals surface area (Å²) in [5.41, 5.74) is 1.32. The molecule has 1 atom stereocenters. The number of aromatic nitrogens is 3. The van der Waals surface area contributed by atoms with E-state index >= 15 is 0 Å². The fraction of sp³-hybridized carbons (Fsp3) is 0.350. The molecule has 0 fully saturated rings. The van der Waals surface area contributed by atoms with Crippen LogP contribution in [0.1, 0.15) is 29.9 Å². The fourth-order valence-corrected chi connectivity index (χ4v) is 3.55. The third-order valence-electron chi connectivity index (χ3n) is 4.22. The Hall–Kier alpha value is -2.71. The van der Waals surface area contributed by atoms with Crippen molar-refractivity contribution in [1.82, 2.24) is 25.4 Å². The summed E-state index contributed by atoms with van der Waals surface area (Å²) in [6, 6.07) is 12.2. The van der Waals surface area contributed by atoms with Gasteiger partial charge in [-0.1, -0.05) is 30.3 Å². The van der Waals surface area contributed by atoms with Crippen molar-refractivity contribution in [2.45, 2.75) is 32.5 Å². The minimum absolute atomic E-state index is 0.381. The quantitative estimate of drug-likeness (QED) is 0.400. The van der Waals surface area contributed by atoms with Gasteiger partial charge in [0.25, 0.3) is 0 Å². The van der Waals surface area contributed by atoms with Gasteiger partial charge in [-0.15, -0.1) is 11.3 Å². The van der Waals surface area contributed by atoms with Gasteiger partial charge in [0.1, 0.15) is 18.3 Å². The van der Waals surface area contributed by atoms with Crippen LogP contribution < -0.4 is 10.6 Å². The Bertz CT molecular complexity index is 874. The zero-order valence-corrected chi connectivity index (χ0v) is 17.0. The normalized spacial score (nSPS) is 13.9. The van der Waals surface area contributed by atoms with Crippen LogP contribution in [0.4, 0.5) is 0 Å². The van der Waals surface area contributed by atoms with Crippen LogP contribution in [0.3, 0.4) is 0 Å². The second-order valence-corrected chi connectivity index (χ2v) is 7.66. The van der Waals surface area contributed by atoms with Crippen molar-refractivity contribution in [2.24, 2.45) is 4.99 Å². The van der Waals surface area contributed by atoms with Crippen molar-refractivity contribution in [3.63, 3.8) is 0 Å². The van der Waals surface area contributed by atoms with E-state index in [4.69, 9.17) is 0 Å². The minimum atomic E-state index is -0.942. The Labute approximate surface area is 169 Å². The van der Waals surface area contributed by atoms with Gasteiger partial charge in [-0.3, -0.25) is 0 Å². The van der Waals surface area contributed by atoms with E-state index in [0.717, 1.165) is 22.5 Å². The number of aliphatic imine (C=N–C) groups is 1. The molecule has 1 aromatic carbocycles. The van der Waals surface area contributed by atoms with Crippen LogP contribution in [0.15, 0.2) is 59.4 Å². The van der Waals surface area contributed by atoms with Crippen molar-refractivity contribution < 1.29 is 5.11 Å². The van der Waals surface area contributed by atoms with Gasteiger partial charge < -0.3 is 15.7 Å². The standard InChI is InChI=1S/C20H26N6OS/c1-3-22-19(24-13-20(2,27)18-8-5-9-28-18)23-11-16-6-4-7-17(10-16)12-26-15-21-14-25-26/h4-10,14-15,27H,3,11-13H2,1-2H3,(H2,22,23,24). The molecule has 0 radical (unpaired) electrons. The van der Waals surface area contributed by atoms with Crippen LogP contribution in [-0.2, 0) is 18.7 Å². The lowest BCUT2D eigenvalue weighted by atomic mass is 10.1. The highest BCUT2D eigenvalue weighted by Gasteiger charge is 2.24. The van der Waals surface area contributed by atoms with Gasteiger partial charge in [-0.05, 0) is 36.4 Å². The van der Waals surface area contributed by atoms with E-state index < -0.39 is 5.60 Å². The van der Waals surface area contributed by atoms with Crippen LogP contribution in [0.2, 0.25) is 0 Å². The highest BCUT2D eigenvalue weighted by atomic mass is 32.1. The van der Waals surface area contributed by atoms with Crippen LogP contribution in [0.25, 0.3) is 0 Å². The van der Waals surface area contributed by atoms with Gasteiger partial charge in [-0.2, -0.15) is 5.10 Å². The van der Waals surface area contributed by atoms with E-state index in [1.54, 1.807) is 22.3 Å². The third kappa shape index (κ3) is 5.64. The summed E-state index contributed by atoms with van der Waals surface area (Å²) in [6.45, 7) is 6.18. The van der Waals surface area contributed by atoms with Gasteiger partial charge in [-0.25, -0.2) is 14.7 Å². The van der Waals surface area contributed by atoms with Crippen molar-refractivity contribution >= 4 is 17.3 Å². The molecule has 0 amide bonds. The number of hydrogen-bond acceptors (Lipinski definition) is 5. The lowest BCUT2D eigenvalue weighted by Crippen LogP contribution is -2.44. The largest absolute Gasteiger partial charge is 0.383 e. The molecular weight excluding hydrogens is 372 g/mol. The van der Waals surface area contributed by atoms with Gasteiger partial charge in [0.2, 0.25) is 0 Å². The highest BCUT2D eigenvalue weighted by Crippen LogP contribution is 2.24. The number of benzene rings is 1. The van der Waals surface area contributed by atoms with E-state index in [0.29, 0.717) is 25.6 Å². The molecule has 0 saturated carbocycles. The molecule has 3 N–H and O–H groups in total. The molecule has 8 heteroatoms. The molecule has 0 bridgehead atoms. The van der Waals surface area contributed by atoms with Crippen molar-refractivity contribution in [3.8, 4) is 0 Å². The lowest BCUT2D eigenvalue weighted by Gasteiger charge is -2.23. The topological polar surface area (TPSA) is 87.4 Å². The first kappa shape index (κ1) is 20.0. The number of thiophene rings is 1. The van der Waals surface area contributed by atoms with Crippen LogP contribution in [-0.4, -0.2) is 38.9 Å². The molecular formula is C20H26N6OS. The molecule has 28 heavy (non-hydrogen) atoms. The van der Waals surface area contributed by atoms with Crippen molar-refractivity contribution in [1.29, 1.82) is 0 Å². The maximum absolute atomic E-state index is 10.7. The van der Waals surface area contributed by atoms with E-state index in [2.05, 4.69) is 43.9 Å². The summed E-state index contributed by atoms with van der Waals surface area (Å²) < 4.78 is 1.79. The summed E-state index contributed by atoms with van der Waals surface area (Å²) in [4.78, 5) is 9.56. The van der Waals surface area contributed by atoms with Crippen molar-refractivity contribution in [3.05, 3.63) is 70.4 Å². The van der Waals surface area contributed by atoms with Crippen LogP contribution in [0.5, 0.6) is 0 Å². The number of nitrogens with one attached hydrogen (secondary N) is 2. The molecule has 7 nitrogen and oxygen atoms in total. The molecule has 0 aliphatic rings. The molecule has 0 aliphatic heterocycles. The summed E-state index contributed by atoms with van der Waals surface area (Å²) in [5, 5.41) is 23.3. The molecule has 148 valence electrons. The number of nitrogens with zero attached hydrogens (tertiary/aromatic N) is 4. The van der Waals surface area contributed by atoms with Gasteiger partial charge >= 0.3 is 0 Å². The molecule has 1 unspecified atom stereocenters. The Balaban J connectivity index is 1.62. The Morgan fingerprint density at radius 3 is 2.82 bits per heavy atom. The van der Waals surface area contributed by atoms with Crippen LogP contribution in [0, 0.1) is 0 Å². The number of rotatable bonds is 8. The average molecular weight is 399 g/mol. The van der Waals surface area contributed by atoms with Gasteiger partial charge in [0.05, 0.1) is 19.6 Å². The first-order valence-corrected chi connectivity index (χ1v) is 10.1. The third-order valence-corrected chi connectivity index (χ3v) is 5.34. The summed E-state index contributed by atoms with van der Waals surface area (Å²) >= 11 is 1.55. The zero-order chi connectivity index (χ0) is 19.8. The maximum atomic E-state index is 10.7. The minimum Gasteiger partial charge on any atom is -0.383 e. The molecule has 2 aromatic heterocycles. The first-order valence-electron chi connectivity index (χ1n) is 9.25. The summed E-state index contributed by atoms with van der Waals surface area (Å²) in [5.74, 6) is 0.681. The first-order chi connectivity index (χ1) is 13.6. The summed E-state index contributed by atoms with van der Waals surface area (Å²) in [6.07, 6.45) is 3.24. The molecule has 2 heterocycles. The smallest absolute Gasteiger partial charge is 0.191 e. The maximum Gasteiger partial charge on any atom is 0.191 e. The summed E-state index contributed by atoms with van der Waals surface area (Å²) in [7, 11) is 0. The number of guanidine groups is 1. The molecule has 3 aromatic rings. The van der Waals surface area contributed by atoms with E-state index in [1.165, 1.54) is 6.33 Å². The number of hydrogen-bond donors (Lipinski definition) is 3. The predicted octanol–water partition coefficient (Wildman–Crippen LogP) is 2.35. The lowest BCUT2D eigenvalue weighted by molar-refractivity contribution is 0.0655. The fourth-order valence-electron chi connectivity index (χ4n) is 2.77. The zero-order valence-electron chi connectivity index (χ0n) is 16.2. The number of aliphatic hydroxyl groups is 1. The van der Waals surface area contributed by atoms with Crippen LogP contribution >= 0.6 is 11.3 Å². The van der Waals surface area contributed by atoms with Gasteiger partial charge in [0.15, 0.2) is 5.96 Å². The van der Waals surface area contributed by atoms with Gasteiger partial charge in [0, 0.05) is 11.4 Å². The molecule has 0 spiro atoms. The highest BCUT2D eigenvalue weighted by molar-refractivity contribution is 7.10. The predicted molar refractivity (Wildman–Crippen MR) is 112 cm³/mol. The monoisotopic (exact) mass is 398 g/mol. The molecule has 0 saturated heterocycles. The van der Waals surface area contributed by atoms with E-state index in [1.807, 2.05) is 37.4 Å². The molecule has 0 aliphatic carbocycles. The molecule has 3 rings (SSSR count). The Morgan fingerprint density at radius 2 is 2.11 bits per heavy atom. The SMILES string of the molecule is CCNC(=NCc1cccc(Cn2cncn2)c1)NCC(C)(O)c1cccs1. The van der Waals surface area contributed by atoms with E-state index in [-0.39, 0.29) is 0 Å². The second-order valence-electron chi connectivity index (χ2n) is 6.71. The van der Waals surface area contributed by atoms with E-state index in [9.17, 15) is 5.11 Å².